The average molecular weight is 346 g/mol. The molecular weight excluding hydrogens is 330 g/mol. The molecule has 3 rings (SSSR count). The minimum absolute atomic E-state index is 0.0419. The summed E-state index contributed by atoms with van der Waals surface area (Å²) in [5.74, 6) is 0.0419. The lowest BCUT2D eigenvalue weighted by atomic mass is 10.1. The molecule has 0 N–H and O–H groups in total. The molecule has 0 aromatic heterocycles. The van der Waals surface area contributed by atoms with E-state index in [0.717, 1.165) is 35.1 Å². The first-order chi connectivity index (χ1) is 10.2. The lowest BCUT2D eigenvalue weighted by Crippen LogP contribution is -2.43. The summed E-state index contributed by atoms with van der Waals surface area (Å²) in [6, 6.07) is 7.99. The summed E-state index contributed by atoms with van der Waals surface area (Å²) in [5.41, 5.74) is 2.17. The number of amides is 1. The molecule has 1 unspecified atom stereocenters. The average Bonchev–Trinajstić information content (AvgIpc) is 2.97. The van der Waals surface area contributed by atoms with Crippen LogP contribution in [0.5, 0.6) is 0 Å². The van der Waals surface area contributed by atoms with E-state index in [1.54, 1.807) is 4.90 Å². The van der Waals surface area contributed by atoms with Gasteiger partial charge in [-0.25, -0.2) is 0 Å². The number of anilines is 1. The number of hydrogen-bond acceptors (Lipinski definition) is 3. The van der Waals surface area contributed by atoms with E-state index in [1.165, 1.54) is 0 Å². The fraction of sp³-hybridized carbons (Fsp3) is 0.375. The van der Waals surface area contributed by atoms with Gasteiger partial charge in [-0.2, -0.15) is 5.26 Å². The van der Waals surface area contributed by atoms with Gasteiger partial charge in [-0.15, -0.1) is 0 Å². The Kier molecular flexibility index (Phi) is 3.98. The number of carbonyl (C=O) groups excluding carboxylic acids is 1. The number of fused-ring (bicyclic) bond motifs is 1. The molecule has 0 aliphatic carbocycles. The predicted molar refractivity (Wildman–Crippen MR) is 85.7 cm³/mol. The lowest BCUT2D eigenvalue weighted by molar-refractivity contribution is -0.129. The highest BCUT2D eigenvalue weighted by molar-refractivity contribution is 9.10. The smallest absolute Gasteiger partial charge is 0.243 e. The van der Waals surface area contributed by atoms with Crippen LogP contribution in [0.25, 0.3) is 6.08 Å². The van der Waals surface area contributed by atoms with Crippen LogP contribution in [-0.2, 0) is 4.79 Å². The van der Waals surface area contributed by atoms with E-state index in [-0.39, 0.29) is 11.9 Å². The van der Waals surface area contributed by atoms with Crippen LogP contribution >= 0.6 is 15.9 Å². The van der Waals surface area contributed by atoms with E-state index in [2.05, 4.69) is 39.1 Å². The molecule has 2 aliphatic rings. The monoisotopic (exact) mass is 345 g/mol. The Morgan fingerprint density at radius 2 is 2.33 bits per heavy atom. The van der Waals surface area contributed by atoms with E-state index in [9.17, 15) is 4.79 Å². The Morgan fingerprint density at radius 3 is 3.14 bits per heavy atom. The highest BCUT2D eigenvalue weighted by atomic mass is 79.9. The third-order valence-electron chi connectivity index (χ3n) is 4.03. The number of halogens is 1. The van der Waals surface area contributed by atoms with Crippen LogP contribution < -0.4 is 4.90 Å². The molecule has 0 spiro atoms. The highest BCUT2D eigenvalue weighted by Crippen LogP contribution is 2.32. The maximum absolute atomic E-state index is 12.5. The van der Waals surface area contributed by atoms with Gasteiger partial charge in [0.2, 0.25) is 5.91 Å². The third-order valence-corrected chi connectivity index (χ3v) is 4.72. The Hall–Kier alpha value is -1.80. The van der Waals surface area contributed by atoms with Gasteiger partial charge in [0.25, 0.3) is 0 Å². The third kappa shape index (κ3) is 2.68. The summed E-state index contributed by atoms with van der Waals surface area (Å²) in [6.45, 7) is 1.75. The van der Waals surface area contributed by atoms with Crippen molar-refractivity contribution in [2.45, 2.75) is 18.9 Å². The van der Waals surface area contributed by atoms with Crippen molar-refractivity contribution >= 4 is 33.6 Å². The number of hydrogen-bond donors (Lipinski definition) is 0. The molecule has 1 saturated heterocycles. The molecule has 1 aromatic carbocycles. The molecule has 2 heterocycles. The van der Waals surface area contributed by atoms with E-state index in [0.29, 0.717) is 13.1 Å². The van der Waals surface area contributed by atoms with Crippen molar-refractivity contribution in [1.29, 1.82) is 5.26 Å². The molecule has 4 nitrogen and oxygen atoms in total. The molecule has 2 aliphatic heterocycles. The second-order valence-electron chi connectivity index (χ2n) is 5.33. The summed E-state index contributed by atoms with van der Waals surface area (Å²) in [4.78, 5) is 16.3. The van der Waals surface area contributed by atoms with Gasteiger partial charge in [-0.1, -0.05) is 34.1 Å². The van der Waals surface area contributed by atoms with Gasteiger partial charge in [-0.3, -0.25) is 4.79 Å². The Balaban J connectivity index is 1.78. The van der Waals surface area contributed by atoms with Crippen molar-refractivity contribution in [2.24, 2.45) is 0 Å². The maximum Gasteiger partial charge on any atom is 0.243 e. The lowest BCUT2D eigenvalue weighted by Gasteiger charge is -2.30. The van der Waals surface area contributed by atoms with Crippen LogP contribution in [0, 0.1) is 11.3 Å². The number of benzene rings is 1. The highest BCUT2D eigenvalue weighted by Gasteiger charge is 2.30. The second-order valence-corrected chi connectivity index (χ2v) is 6.18. The fourth-order valence-electron chi connectivity index (χ4n) is 2.97. The van der Waals surface area contributed by atoms with Crippen LogP contribution in [0.4, 0.5) is 5.69 Å². The second kappa shape index (κ2) is 5.90. The topological polar surface area (TPSA) is 47.3 Å². The largest absolute Gasteiger partial charge is 0.358 e. The molecule has 1 aromatic rings. The summed E-state index contributed by atoms with van der Waals surface area (Å²) in [6.07, 6.45) is 5.86. The first-order valence-electron chi connectivity index (χ1n) is 7.10. The standard InChI is InChI=1S/C16H16BrN3O/c17-14-6-1-7-15-13(14)5-3-8-19(15)11-16(21)20-9-2-4-12(20)10-18/h1,3,5-7,12H,2,4,8-9,11H2. The van der Waals surface area contributed by atoms with Gasteiger partial charge in [0.1, 0.15) is 6.04 Å². The van der Waals surface area contributed by atoms with E-state index < -0.39 is 0 Å². The van der Waals surface area contributed by atoms with Gasteiger partial charge in [0.15, 0.2) is 0 Å². The molecule has 108 valence electrons. The number of nitriles is 1. The van der Waals surface area contributed by atoms with Crippen LogP contribution in [0.2, 0.25) is 0 Å². The first-order valence-corrected chi connectivity index (χ1v) is 7.89. The molecular formula is C16H16BrN3O. The zero-order valence-electron chi connectivity index (χ0n) is 11.6. The molecule has 21 heavy (non-hydrogen) atoms. The number of carbonyl (C=O) groups is 1. The summed E-state index contributed by atoms with van der Waals surface area (Å²) in [7, 11) is 0. The van der Waals surface area contributed by atoms with Crippen LogP contribution in [0.15, 0.2) is 28.7 Å². The van der Waals surface area contributed by atoms with E-state index in [4.69, 9.17) is 5.26 Å². The molecule has 1 fully saturated rings. The normalized spacial score (nSPS) is 20.3. The zero-order valence-corrected chi connectivity index (χ0v) is 13.2. The van der Waals surface area contributed by atoms with Crippen molar-refractivity contribution in [3.63, 3.8) is 0 Å². The van der Waals surface area contributed by atoms with Gasteiger partial charge < -0.3 is 9.80 Å². The van der Waals surface area contributed by atoms with Gasteiger partial charge in [0.05, 0.1) is 12.6 Å². The van der Waals surface area contributed by atoms with Gasteiger partial charge >= 0.3 is 0 Å². The number of rotatable bonds is 2. The molecule has 0 saturated carbocycles. The van der Waals surface area contributed by atoms with Crippen molar-refractivity contribution in [2.75, 3.05) is 24.5 Å². The molecule has 0 bridgehead atoms. The van der Waals surface area contributed by atoms with Crippen molar-refractivity contribution in [3.05, 3.63) is 34.3 Å². The predicted octanol–water partition coefficient (Wildman–Crippen LogP) is 2.80. The Morgan fingerprint density at radius 1 is 1.48 bits per heavy atom. The van der Waals surface area contributed by atoms with Crippen molar-refractivity contribution < 1.29 is 4.79 Å². The van der Waals surface area contributed by atoms with Crippen LogP contribution in [-0.4, -0.2) is 36.5 Å². The fourth-order valence-corrected chi connectivity index (χ4v) is 3.45. The van der Waals surface area contributed by atoms with Crippen LogP contribution in [0.1, 0.15) is 18.4 Å². The van der Waals surface area contributed by atoms with E-state index in [1.807, 2.05) is 18.2 Å². The Bertz CT molecular complexity index is 635. The summed E-state index contributed by atoms with van der Waals surface area (Å²) in [5, 5.41) is 9.11. The van der Waals surface area contributed by atoms with Gasteiger partial charge in [0, 0.05) is 28.8 Å². The SMILES string of the molecule is N#CC1CCCN1C(=O)CN1CC=Cc2c(Br)cccc21. The maximum atomic E-state index is 12.5. The molecule has 1 amide bonds. The number of likely N-dealkylation sites (tertiary alicyclic amines) is 1. The van der Waals surface area contributed by atoms with Gasteiger partial charge in [-0.05, 0) is 25.0 Å². The van der Waals surface area contributed by atoms with Crippen LogP contribution in [0.3, 0.4) is 0 Å². The van der Waals surface area contributed by atoms with E-state index >= 15 is 0 Å². The quantitative estimate of drug-likeness (QED) is 0.827. The first kappa shape index (κ1) is 14.2. The Labute approximate surface area is 132 Å². The minimum atomic E-state index is -0.250. The molecule has 1 atom stereocenters. The van der Waals surface area contributed by atoms with Crippen molar-refractivity contribution in [3.8, 4) is 6.07 Å². The minimum Gasteiger partial charge on any atom is -0.358 e. The zero-order chi connectivity index (χ0) is 14.8. The molecule has 0 radical (unpaired) electrons. The molecule has 5 heteroatoms. The summed E-state index contributed by atoms with van der Waals surface area (Å²) >= 11 is 3.55. The van der Waals surface area contributed by atoms with Crippen molar-refractivity contribution in [1.82, 2.24) is 4.90 Å². The number of nitrogens with zero attached hydrogens (tertiary/aromatic N) is 3. The summed E-state index contributed by atoms with van der Waals surface area (Å²) < 4.78 is 1.03.